The highest BCUT2D eigenvalue weighted by Crippen LogP contribution is 2.21. The molecule has 2 aromatic rings. The Kier molecular flexibility index (Phi) is 2.63. The molecule has 0 aliphatic rings. The van der Waals surface area contributed by atoms with Gasteiger partial charge in [0.25, 0.3) is 0 Å². The molecular formula is C9H6Cl2FN3. The van der Waals surface area contributed by atoms with Gasteiger partial charge in [0, 0.05) is 5.02 Å². The topological polar surface area (TPSA) is 30.7 Å². The van der Waals surface area contributed by atoms with E-state index in [0.717, 1.165) is 0 Å². The van der Waals surface area contributed by atoms with Gasteiger partial charge in [0.15, 0.2) is 0 Å². The first-order valence-electron chi connectivity index (χ1n) is 4.12. The lowest BCUT2D eigenvalue weighted by Gasteiger charge is -2.05. The van der Waals surface area contributed by atoms with Crippen molar-refractivity contribution in [2.24, 2.45) is 0 Å². The summed E-state index contributed by atoms with van der Waals surface area (Å²) in [6.07, 6.45) is 0. The van der Waals surface area contributed by atoms with E-state index in [1.807, 2.05) is 0 Å². The van der Waals surface area contributed by atoms with E-state index in [0.29, 0.717) is 16.5 Å². The number of hydrogen-bond acceptors (Lipinski definition) is 2. The summed E-state index contributed by atoms with van der Waals surface area (Å²) in [4.78, 5) is 0. The molecule has 0 aliphatic carbocycles. The zero-order chi connectivity index (χ0) is 11.0. The second-order valence-corrected chi connectivity index (χ2v) is 3.75. The van der Waals surface area contributed by atoms with Crippen molar-refractivity contribution < 1.29 is 4.39 Å². The first kappa shape index (κ1) is 10.4. The van der Waals surface area contributed by atoms with E-state index < -0.39 is 5.82 Å². The third-order valence-corrected chi connectivity index (χ3v) is 2.35. The number of benzene rings is 1. The molecule has 0 fully saturated rings. The van der Waals surface area contributed by atoms with E-state index in [1.165, 1.54) is 16.7 Å². The Morgan fingerprint density at radius 2 is 1.93 bits per heavy atom. The van der Waals surface area contributed by atoms with Gasteiger partial charge in [-0.1, -0.05) is 11.6 Å². The zero-order valence-electron chi connectivity index (χ0n) is 7.71. The van der Waals surface area contributed by atoms with Crippen LogP contribution in [0.25, 0.3) is 5.69 Å². The highest BCUT2D eigenvalue weighted by atomic mass is 35.5. The average Bonchev–Trinajstić information content (AvgIpc) is 2.44. The fraction of sp³-hybridized carbons (Fsp3) is 0.111. The monoisotopic (exact) mass is 245 g/mol. The smallest absolute Gasteiger partial charge is 0.229 e. The van der Waals surface area contributed by atoms with Crippen LogP contribution in [0.3, 0.4) is 0 Å². The highest BCUT2D eigenvalue weighted by molar-refractivity contribution is 6.31. The molecule has 0 saturated carbocycles. The quantitative estimate of drug-likeness (QED) is 0.774. The number of aromatic nitrogens is 3. The molecule has 78 valence electrons. The molecule has 1 aromatic carbocycles. The van der Waals surface area contributed by atoms with Crippen LogP contribution in [0.4, 0.5) is 4.39 Å². The van der Waals surface area contributed by atoms with Crippen LogP contribution in [0.15, 0.2) is 18.2 Å². The molecule has 0 saturated heterocycles. The van der Waals surface area contributed by atoms with E-state index in [1.54, 1.807) is 13.0 Å². The minimum absolute atomic E-state index is 0.175. The van der Waals surface area contributed by atoms with Gasteiger partial charge in [-0.3, -0.25) is 4.57 Å². The Bertz CT molecular complexity index is 470. The molecule has 0 amide bonds. The number of rotatable bonds is 1. The van der Waals surface area contributed by atoms with Crippen LogP contribution in [0.1, 0.15) is 5.82 Å². The summed E-state index contributed by atoms with van der Waals surface area (Å²) in [5, 5.41) is 7.91. The first-order chi connectivity index (χ1) is 7.08. The number of nitrogens with zero attached hydrogens (tertiary/aromatic N) is 3. The van der Waals surface area contributed by atoms with Crippen LogP contribution in [-0.4, -0.2) is 14.8 Å². The molecule has 0 unspecified atom stereocenters. The molecule has 15 heavy (non-hydrogen) atoms. The van der Waals surface area contributed by atoms with Crippen LogP contribution < -0.4 is 0 Å². The second-order valence-electron chi connectivity index (χ2n) is 2.98. The molecule has 0 aliphatic heterocycles. The van der Waals surface area contributed by atoms with Gasteiger partial charge in [-0.25, -0.2) is 4.39 Å². The van der Waals surface area contributed by atoms with Gasteiger partial charge in [0.2, 0.25) is 5.28 Å². The van der Waals surface area contributed by atoms with E-state index >= 15 is 0 Å². The maximum Gasteiger partial charge on any atom is 0.229 e. The van der Waals surface area contributed by atoms with Crippen LogP contribution in [0.5, 0.6) is 0 Å². The lowest BCUT2D eigenvalue weighted by Crippen LogP contribution is -1.97. The van der Waals surface area contributed by atoms with Gasteiger partial charge >= 0.3 is 0 Å². The molecule has 2 rings (SSSR count). The molecular weight excluding hydrogens is 240 g/mol. The van der Waals surface area contributed by atoms with Gasteiger partial charge in [0.1, 0.15) is 11.6 Å². The minimum Gasteiger partial charge on any atom is -0.270 e. The maximum absolute atomic E-state index is 13.1. The van der Waals surface area contributed by atoms with E-state index in [9.17, 15) is 4.39 Å². The summed E-state index contributed by atoms with van der Waals surface area (Å²) in [5.74, 6) is 0.142. The van der Waals surface area contributed by atoms with Gasteiger partial charge in [-0.2, -0.15) is 0 Å². The van der Waals surface area contributed by atoms with Crippen molar-refractivity contribution in [1.82, 2.24) is 14.8 Å². The van der Waals surface area contributed by atoms with Gasteiger partial charge in [-0.05, 0) is 36.7 Å². The van der Waals surface area contributed by atoms with Crippen LogP contribution >= 0.6 is 23.2 Å². The SMILES string of the molecule is Cc1nnc(Cl)n1-c1cc(F)cc(Cl)c1. The Balaban J connectivity index is 2.63. The lowest BCUT2D eigenvalue weighted by atomic mass is 10.3. The summed E-state index contributed by atoms with van der Waals surface area (Å²) in [6, 6.07) is 4.12. The number of aryl methyl sites for hydroxylation is 1. The Morgan fingerprint density at radius 1 is 1.20 bits per heavy atom. The van der Waals surface area contributed by atoms with Crippen molar-refractivity contribution in [1.29, 1.82) is 0 Å². The molecule has 0 bridgehead atoms. The van der Waals surface area contributed by atoms with E-state index in [4.69, 9.17) is 23.2 Å². The minimum atomic E-state index is -0.429. The summed E-state index contributed by atoms with van der Waals surface area (Å²) < 4.78 is 14.6. The Hall–Kier alpha value is -1.13. The molecule has 1 aromatic heterocycles. The van der Waals surface area contributed by atoms with Gasteiger partial charge in [-0.15, -0.1) is 10.2 Å². The van der Waals surface area contributed by atoms with Crippen molar-refractivity contribution in [3.63, 3.8) is 0 Å². The predicted molar refractivity (Wildman–Crippen MR) is 56.1 cm³/mol. The van der Waals surface area contributed by atoms with Crippen molar-refractivity contribution in [3.8, 4) is 5.69 Å². The average molecular weight is 246 g/mol. The molecule has 0 spiro atoms. The third-order valence-electron chi connectivity index (χ3n) is 1.89. The molecule has 0 radical (unpaired) electrons. The first-order valence-corrected chi connectivity index (χ1v) is 4.87. The van der Waals surface area contributed by atoms with E-state index in [2.05, 4.69) is 10.2 Å². The van der Waals surface area contributed by atoms with Crippen molar-refractivity contribution >= 4 is 23.2 Å². The Labute approximate surface area is 95.5 Å². The summed E-state index contributed by atoms with van der Waals surface area (Å²) in [6.45, 7) is 1.72. The lowest BCUT2D eigenvalue weighted by molar-refractivity contribution is 0.626. The van der Waals surface area contributed by atoms with E-state index in [-0.39, 0.29) is 5.28 Å². The molecule has 3 nitrogen and oxygen atoms in total. The summed E-state index contributed by atoms with van der Waals surface area (Å²) in [7, 11) is 0. The number of hydrogen-bond donors (Lipinski definition) is 0. The van der Waals surface area contributed by atoms with Crippen molar-refractivity contribution in [3.05, 3.63) is 40.1 Å². The highest BCUT2D eigenvalue weighted by Gasteiger charge is 2.09. The predicted octanol–water partition coefficient (Wildman–Crippen LogP) is 3.02. The standard InChI is InChI=1S/C9H6Cl2FN3/c1-5-13-14-9(11)15(5)8-3-6(10)2-7(12)4-8/h2-4H,1H3. The van der Waals surface area contributed by atoms with Crippen molar-refractivity contribution in [2.75, 3.05) is 0 Å². The fourth-order valence-corrected chi connectivity index (χ4v) is 1.77. The van der Waals surface area contributed by atoms with Crippen LogP contribution in [0.2, 0.25) is 10.3 Å². The summed E-state index contributed by atoms with van der Waals surface area (Å²) >= 11 is 11.5. The summed E-state index contributed by atoms with van der Waals surface area (Å²) in [5.41, 5.74) is 0.507. The van der Waals surface area contributed by atoms with Crippen LogP contribution in [-0.2, 0) is 0 Å². The third kappa shape index (κ3) is 1.96. The molecule has 6 heteroatoms. The molecule has 0 N–H and O–H groups in total. The number of halogens is 3. The Morgan fingerprint density at radius 3 is 2.47 bits per heavy atom. The maximum atomic E-state index is 13.1. The molecule has 0 atom stereocenters. The normalized spacial score (nSPS) is 10.7. The molecule has 1 heterocycles. The van der Waals surface area contributed by atoms with Gasteiger partial charge < -0.3 is 0 Å². The fourth-order valence-electron chi connectivity index (χ4n) is 1.30. The van der Waals surface area contributed by atoms with Crippen molar-refractivity contribution in [2.45, 2.75) is 6.92 Å². The second kappa shape index (κ2) is 3.79. The van der Waals surface area contributed by atoms with Gasteiger partial charge in [0.05, 0.1) is 5.69 Å². The largest absolute Gasteiger partial charge is 0.270 e. The zero-order valence-corrected chi connectivity index (χ0v) is 9.22. The van der Waals surface area contributed by atoms with Crippen LogP contribution in [0, 0.1) is 12.7 Å².